The van der Waals surface area contributed by atoms with E-state index in [0.29, 0.717) is 18.1 Å². The molecule has 1 amide bonds. The van der Waals surface area contributed by atoms with Crippen LogP contribution in [0.4, 0.5) is 0 Å². The fourth-order valence-corrected chi connectivity index (χ4v) is 4.38. The summed E-state index contributed by atoms with van der Waals surface area (Å²) in [6.07, 6.45) is 4.84. The van der Waals surface area contributed by atoms with Gasteiger partial charge in [0.05, 0.1) is 6.54 Å². The zero-order valence-corrected chi connectivity index (χ0v) is 19.4. The highest BCUT2D eigenvalue weighted by Crippen LogP contribution is 2.26. The molecule has 0 aliphatic carbocycles. The predicted molar refractivity (Wildman–Crippen MR) is 126 cm³/mol. The predicted octanol–water partition coefficient (Wildman–Crippen LogP) is 5.68. The molecule has 32 heavy (non-hydrogen) atoms. The lowest BCUT2D eigenvalue weighted by Crippen LogP contribution is -2.35. The van der Waals surface area contributed by atoms with Crippen molar-refractivity contribution in [2.45, 2.75) is 59.2 Å². The van der Waals surface area contributed by atoms with Gasteiger partial charge < -0.3 is 9.32 Å². The summed E-state index contributed by atoms with van der Waals surface area (Å²) in [7, 11) is 0. The molecule has 2 heterocycles. The molecule has 1 atom stereocenters. The number of piperidine rings is 1. The lowest BCUT2D eigenvalue weighted by atomic mass is 10.0. The molecule has 1 fully saturated rings. The van der Waals surface area contributed by atoms with Crippen LogP contribution in [0.3, 0.4) is 0 Å². The van der Waals surface area contributed by atoms with Gasteiger partial charge in [-0.2, -0.15) is 0 Å². The molecule has 4 rings (SSSR count). The molecule has 5 nitrogen and oxygen atoms in total. The molecule has 3 aromatic rings. The van der Waals surface area contributed by atoms with E-state index < -0.39 is 0 Å². The SMILES string of the molecule is Cc1ccc(C)c(CN(Cc2nc(C(=O)N3CCCCC3)co2)[C@H](C)c2ccccc2)c1. The molecule has 0 N–H and O–H groups in total. The van der Waals surface area contributed by atoms with Crippen molar-refractivity contribution < 1.29 is 9.21 Å². The minimum atomic E-state index is -0.0168. The number of rotatable bonds is 7. The topological polar surface area (TPSA) is 49.6 Å². The highest BCUT2D eigenvalue weighted by Gasteiger charge is 2.24. The van der Waals surface area contributed by atoms with Gasteiger partial charge in [-0.15, -0.1) is 0 Å². The molecule has 0 radical (unpaired) electrons. The summed E-state index contributed by atoms with van der Waals surface area (Å²) >= 11 is 0. The van der Waals surface area contributed by atoms with Crippen LogP contribution in [0.2, 0.25) is 0 Å². The first-order valence-electron chi connectivity index (χ1n) is 11.6. The average Bonchev–Trinajstić information content (AvgIpc) is 3.29. The van der Waals surface area contributed by atoms with Crippen molar-refractivity contribution in [2.24, 2.45) is 0 Å². The van der Waals surface area contributed by atoms with E-state index in [-0.39, 0.29) is 11.9 Å². The Morgan fingerprint density at radius 2 is 1.81 bits per heavy atom. The minimum Gasteiger partial charge on any atom is -0.447 e. The Morgan fingerprint density at radius 1 is 1.06 bits per heavy atom. The van der Waals surface area contributed by atoms with Crippen LogP contribution in [0, 0.1) is 13.8 Å². The van der Waals surface area contributed by atoms with Crippen LogP contribution in [0.25, 0.3) is 0 Å². The number of oxazole rings is 1. The summed E-state index contributed by atoms with van der Waals surface area (Å²) in [5, 5.41) is 0. The first-order valence-corrected chi connectivity index (χ1v) is 11.6. The van der Waals surface area contributed by atoms with Gasteiger partial charge in [0.1, 0.15) is 6.26 Å². The number of carbonyl (C=O) groups excluding carboxylic acids is 1. The summed E-state index contributed by atoms with van der Waals surface area (Å²) in [6.45, 7) is 9.43. The number of amides is 1. The summed E-state index contributed by atoms with van der Waals surface area (Å²) in [5.74, 6) is 0.565. The van der Waals surface area contributed by atoms with Crippen LogP contribution in [0.1, 0.15) is 70.9 Å². The summed E-state index contributed by atoms with van der Waals surface area (Å²) in [4.78, 5) is 21.7. The highest BCUT2D eigenvalue weighted by atomic mass is 16.3. The van der Waals surface area contributed by atoms with E-state index in [0.717, 1.165) is 32.5 Å². The number of benzene rings is 2. The van der Waals surface area contributed by atoms with E-state index in [1.54, 1.807) is 0 Å². The number of nitrogens with zero attached hydrogens (tertiary/aromatic N) is 3. The molecule has 0 bridgehead atoms. The standard InChI is InChI=1S/C27H33N3O2/c1-20-12-13-21(2)24(16-20)17-30(22(3)23-10-6-4-7-11-23)18-26-28-25(19-32-26)27(31)29-14-8-5-9-15-29/h4,6-7,10-13,16,19,22H,5,8-9,14-15,17-18H2,1-3H3/t22-/m1/s1. The van der Waals surface area contributed by atoms with Crippen LogP contribution >= 0.6 is 0 Å². The minimum absolute atomic E-state index is 0.0168. The number of aryl methyl sites for hydroxylation is 2. The maximum Gasteiger partial charge on any atom is 0.275 e. The van der Waals surface area contributed by atoms with E-state index >= 15 is 0 Å². The number of aromatic nitrogens is 1. The van der Waals surface area contributed by atoms with Gasteiger partial charge in [-0.1, -0.05) is 54.1 Å². The van der Waals surface area contributed by atoms with Gasteiger partial charge in [-0.05, 0) is 56.7 Å². The van der Waals surface area contributed by atoms with Crippen molar-refractivity contribution >= 4 is 5.91 Å². The van der Waals surface area contributed by atoms with E-state index in [9.17, 15) is 4.79 Å². The molecule has 1 aliphatic rings. The zero-order valence-electron chi connectivity index (χ0n) is 19.4. The zero-order chi connectivity index (χ0) is 22.5. The normalized spacial score (nSPS) is 15.2. The molecule has 1 aromatic heterocycles. The second kappa shape index (κ2) is 10.1. The quantitative estimate of drug-likeness (QED) is 0.483. The fraction of sp³-hybridized carbons (Fsp3) is 0.407. The van der Waals surface area contributed by atoms with Crippen LogP contribution < -0.4 is 0 Å². The Kier molecular flexibility index (Phi) is 7.05. The summed E-state index contributed by atoms with van der Waals surface area (Å²) < 4.78 is 5.78. The first kappa shape index (κ1) is 22.3. The van der Waals surface area contributed by atoms with E-state index in [4.69, 9.17) is 4.42 Å². The maximum atomic E-state index is 12.8. The Hall–Kier alpha value is -2.92. The third-order valence-corrected chi connectivity index (χ3v) is 6.46. The van der Waals surface area contributed by atoms with Gasteiger partial charge in [0.25, 0.3) is 5.91 Å². The number of hydrogen-bond donors (Lipinski definition) is 0. The largest absolute Gasteiger partial charge is 0.447 e. The third kappa shape index (κ3) is 5.28. The summed E-state index contributed by atoms with van der Waals surface area (Å²) in [5.41, 5.74) is 5.48. The molecular weight excluding hydrogens is 398 g/mol. The second-order valence-electron chi connectivity index (χ2n) is 8.90. The Bertz CT molecular complexity index is 1040. The lowest BCUT2D eigenvalue weighted by molar-refractivity contribution is 0.0718. The summed E-state index contributed by atoms with van der Waals surface area (Å²) in [6, 6.07) is 17.2. The smallest absolute Gasteiger partial charge is 0.275 e. The molecule has 5 heteroatoms. The van der Waals surface area contributed by atoms with Gasteiger partial charge in [-0.25, -0.2) is 4.98 Å². The lowest BCUT2D eigenvalue weighted by Gasteiger charge is -2.29. The van der Waals surface area contributed by atoms with Gasteiger partial charge in [-0.3, -0.25) is 9.69 Å². The van der Waals surface area contributed by atoms with E-state index in [1.807, 2.05) is 11.0 Å². The van der Waals surface area contributed by atoms with Gasteiger partial charge in [0.2, 0.25) is 5.89 Å². The molecule has 168 valence electrons. The van der Waals surface area contributed by atoms with Crippen molar-refractivity contribution in [1.82, 2.24) is 14.8 Å². The van der Waals surface area contributed by atoms with Crippen molar-refractivity contribution in [1.29, 1.82) is 0 Å². The van der Waals surface area contributed by atoms with Crippen LogP contribution in [-0.2, 0) is 13.1 Å². The Morgan fingerprint density at radius 3 is 2.56 bits per heavy atom. The maximum absolute atomic E-state index is 12.8. The third-order valence-electron chi connectivity index (χ3n) is 6.46. The average molecular weight is 432 g/mol. The molecule has 1 saturated heterocycles. The molecule has 2 aromatic carbocycles. The Balaban J connectivity index is 1.55. The van der Waals surface area contributed by atoms with Crippen LogP contribution in [-0.4, -0.2) is 33.8 Å². The highest BCUT2D eigenvalue weighted by molar-refractivity contribution is 5.92. The van der Waals surface area contributed by atoms with Gasteiger partial charge >= 0.3 is 0 Å². The van der Waals surface area contributed by atoms with Gasteiger partial charge in [0, 0.05) is 25.7 Å². The number of hydrogen-bond acceptors (Lipinski definition) is 4. The second-order valence-corrected chi connectivity index (χ2v) is 8.90. The molecule has 0 saturated carbocycles. The monoisotopic (exact) mass is 431 g/mol. The fourth-order valence-electron chi connectivity index (χ4n) is 4.38. The molecule has 0 spiro atoms. The van der Waals surface area contributed by atoms with Crippen molar-refractivity contribution in [3.8, 4) is 0 Å². The van der Waals surface area contributed by atoms with Crippen LogP contribution in [0.5, 0.6) is 0 Å². The number of carbonyl (C=O) groups is 1. The molecule has 0 unspecified atom stereocenters. The molecule has 1 aliphatic heterocycles. The molecular formula is C27H33N3O2. The number of likely N-dealkylation sites (tertiary alicyclic amines) is 1. The van der Waals surface area contributed by atoms with Crippen molar-refractivity contribution in [3.05, 3.63) is 88.6 Å². The van der Waals surface area contributed by atoms with E-state index in [2.05, 4.69) is 73.1 Å². The van der Waals surface area contributed by atoms with Crippen molar-refractivity contribution in [3.63, 3.8) is 0 Å². The van der Waals surface area contributed by atoms with Crippen LogP contribution in [0.15, 0.2) is 59.2 Å². The Labute approximate surface area is 191 Å². The first-order chi connectivity index (χ1) is 15.5. The van der Waals surface area contributed by atoms with Crippen molar-refractivity contribution in [2.75, 3.05) is 13.1 Å². The van der Waals surface area contributed by atoms with Gasteiger partial charge in [0.15, 0.2) is 5.69 Å². The van der Waals surface area contributed by atoms with E-state index in [1.165, 1.54) is 34.9 Å².